The quantitative estimate of drug-likeness (QED) is 0.753. The number of hydrogen-bond donors (Lipinski definition) is 0. The first kappa shape index (κ1) is 11.5. The minimum Gasteiger partial charge on any atom is -0.347 e. The fourth-order valence-electron chi connectivity index (χ4n) is 2.97. The van der Waals surface area contributed by atoms with E-state index >= 15 is 0 Å². The average Bonchev–Trinajstić information content (AvgIpc) is 2.67. The molecule has 0 spiro atoms. The van der Waals surface area contributed by atoms with Gasteiger partial charge in [-0.1, -0.05) is 6.42 Å². The number of carbonyl (C=O) groups excluding carboxylic acids is 1. The van der Waals surface area contributed by atoms with Crippen molar-refractivity contribution < 1.29 is 9.18 Å². The molecule has 1 atom stereocenters. The Balaban J connectivity index is 2.11. The summed E-state index contributed by atoms with van der Waals surface area (Å²) in [6.45, 7) is 0. The van der Waals surface area contributed by atoms with E-state index in [1.54, 1.807) is 6.07 Å². The van der Waals surface area contributed by atoms with E-state index in [0.717, 1.165) is 35.9 Å². The van der Waals surface area contributed by atoms with Crippen molar-refractivity contribution in [2.24, 2.45) is 7.05 Å². The Morgan fingerprint density at radius 2 is 2.11 bits per heavy atom. The first-order chi connectivity index (χ1) is 8.66. The molecule has 94 valence electrons. The molecule has 1 aliphatic carbocycles. The van der Waals surface area contributed by atoms with Crippen LogP contribution in [-0.2, 0) is 11.8 Å². The van der Waals surface area contributed by atoms with Crippen molar-refractivity contribution in [1.29, 1.82) is 0 Å². The van der Waals surface area contributed by atoms with Gasteiger partial charge in [0.05, 0.1) is 5.92 Å². The maximum atomic E-state index is 13.2. The lowest BCUT2D eigenvalue weighted by Crippen LogP contribution is -2.19. The number of rotatable bonds is 1. The zero-order valence-electron chi connectivity index (χ0n) is 10.4. The van der Waals surface area contributed by atoms with Gasteiger partial charge in [-0.3, -0.25) is 4.79 Å². The number of Topliss-reactive ketones (excluding diaryl/α,β-unsaturated/α-hetero) is 1. The molecular formula is C15H16FNO. The van der Waals surface area contributed by atoms with Crippen LogP contribution in [0.2, 0.25) is 0 Å². The summed E-state index contributed by atoms with van der Waals surface area (Å²) in [5.41, 5.74) is 2.02. The molecule has 1 aliphatic rings. The zero-order chi connectivity index (χ0) is 12.7. The van der Waals surface area contributed by atoms with Crippen molar-refractivity contribution in [1.82, 2.24) is 4.57 Å². The fourth-order valence-corrected chi connectivity index (χ4v) is 2.97. The predicted octanol–water partition coefficient (Wildman–Crippen LogP) is 3.54. The molecule has 1 unspecified atom stereocenters. The van der Waals surface area contributed by atoms with Gasteiger partial charge in [0, 0.05) is 30.1 Å². The number of halogens is 1. The van der Waals surface area contributed by atoms with Crippen molar-refractivity contribution >= 4 is 16.7 Å². The molecule has 0 amide bonds. The van der Waals surface area contributed by atoms with Crippen LogP contribution in [0.25, 0.3) is 10.9 Å². The summed E-state index contributed by atoms with van der Waals surface area (Å²) in [5, 5.41) is 0.880. The highest BCUT2D eigenvalue weighted by Gasteiger charge is 2.26. The maximum absolute atomic E-state index is 13.2. The minimum atomic E-state index is -0.227. The third-order valence-corrected chi connectivity index (χ3v) is 3.95. The monoisotopic (exact) mass is 245 g/mol. The second-order valence-corrected chi connectivity index (χ2v) is 5.10. The fraction of sp³-hybridized carbons (Fsp3) is 0.400. The Hall–Kier alpha value is -1.64. The van der Waals surface area contributed by atoms with Crippen LogP contribution < -0.4 is 0 Å². The molecule has 1 fully saturated rings. The molecule has 18 heavy (non-hydrogen) atoms. The van der Waals surface area contributed by atoms with E-state index in [9.17, 15) is 9.18 Å². The van der Waals surface area contributed by atoms with Crippen LogP contribution in [-0.4, -0.2) is 10.4 Å². The van der Waals surface area contributed by atoms with Crippen LogP contribution in [0.4, 0.5) is 4.39 Å². The Morgan fingerprint density at radius 3 is 2.89 bits per heavy atom. The molecule has 0 bridgehead atoms. The molecule has 0 N–H and O–H groups in total. The number of hydrogen-bond acceptors (Lipinski definition) is 1. The van der Waals surface area contributed by atoms with Crippen molar-refractivity contribution in [2.75, 3.05) is 0 Å². The summed E-state index contributed by atoms with van der Waals surface area (Å²) in [6, 6.07) is 6.74. The second kappa shape index (κ2) is 4.23. The van der Waals surface area contributed by atoms with Crippen LogP contribution in [0, 0.1) is 5.82 Å². The largest absolute Gasteiger partial charge is 0.347 e. The van der Waals surface area contributed by atoms with Crippen LogP contribution in [0.15, 0.2) is 24.3 Å². The summed E-state index contributed by atoms with van der Waals surface area (Å²) >= 11 is 0. The number of aromatic nitrogens is 1. The number of ketones is 1. The zero-order valence-corrected chi connectivity index (χ0v) is 10.4. The van der Waals surface area contributed by atoms with Crippen LogP contribution in [0.5, 0.6) is 0 Å². The summed E-state index contributed by atoms with van der Waals surface area (Å²) in [4.78, 5) is 12.0. The van der Waals surface area contributed by atoms with Gasteiger partial charge in [0.2, 0.25) is 0 Å². The smallest absolute Gasteiger partial charge is 0.141 e. The molecule has 0 saturated heterocycles. The second-order valence-electron chi connectivity index (χ2n) is 5.10. The lowest BCUT2D eigenvalue weighted by atomic mass is 9.85. The molecule has 1 heterocycles. The Bertz CT molecular complexity index is 614. The van der Waals surface area contributed by atoms with Gasteiger partial charge in [0.25, 0.3) is 0 Å². The average molecular weight is 245 g/mol. The van der Waals surface area contributed by atoms with Crippen molar-refractivity contribution in [2.45, 2.75) is 31.6 Å². The van der Waals surface area contributed by atoms with Gasteiger partial charge in [-0.15, -0.1) is 0 Å². The van der Waals surface area contributed by atoms with Crippen LogP contribution >= 0.6 is 0 Å². The van der Waals surface area contributed by atoms with E-state index in [0.29, 0.717) is 12.2 Å². The van der Waals surface area contributed by atoms with Gasteiger partial charge in [-0.25, -0.2) is 4.39 Å². The van der Waals surface area contributed by atoms with E-state index in [-0.39, 0.29) is 11.7 Å². The molecule has 1 saturated carbocycles. The van der Waals surface area contributed by atoms with Crippen molar-refractivity contribution in [3.05, 3.63) is 35.8 Å². The SMILES string of the molecule is Cn1c(C2CCCCC2=O)cc2cc(F)ccc21. The number of nitrogens with zero attached hydrogens (tertiary/aromatic N) is 1. The van der Waals surface area contributed by atoms with Gasteiger partial charge in [0.1, 0.15) is 11.6 Å². The summed E-state index contributed by atoms with van der Waals surface area (Å²) in [6.07, 6.45) is 3.71. The normalized spacial score (nSPS) is 20.6. The van der Waals surface area contributed by atoms with Gasteiger partial charge in [-0.05, 0) is 37.1 Å². The van der Waals surface area contributed by atoms with Gasteiger partial charge >= 0.3 is 0 Å². The third kappa shape index (κ3) is 1.74. The minimum absolute atomic E-state index is 0.000730. The number of carbonyl (C=O) groups is 1. The van der Waals surface area contributed by atoms with E-state index in [2.05, 4.69) is 0 Å². The predicted molar refractivity (Wildman–Crippen MR) is 69.1 cm³/mol. The van der Waals surface area contributed by atoms with E-state index in [1.807, 2.05) is 17.7 Å². The molecule has 1 aromatic heterocycles. The molecule has 3 heteroatoms. The Labute approximate surface area is 105 Å². The van der Waals surface area contributed by atoms with E-state index < -0.39 is 0 Å². The highest BCUT2D eigenvalue weighted by molar-refractivity contribution is 5.89. The summed E-state index contributed by atoms with van der Waals surface area (Å²) in [7, 11) is 1.96. The lowest BCUT2D eigenvalue weighted by molar-refractivity contribution is -0.122. The third-order valence-electron chi connectivity index (χ3n) is 3.95. The Morgan fingerprint density at radius 1 is 1.28 bits per heavy atom. The standard InChI is InChI=1S/C15H16FNO/c1-17-13-7-6-11(16)8-10(13)9-14(17)12-4-2-3-5-15(12)18/h6-9,12H,2-5H2,1H3. The lowest BCUT2D eigenvalue weighted by Gasteiger charge is -2.21. The number of benzene rings is 1. The van der Waals surface area contributed by atoms with Crippen molar-refractivity contribution in [3.63, 3.8) is 0 Å². The van der Waals surface area contributed by atoms with Crippen LogP contribution in [0.1, 0.15) is 37.3 Å². The van der Waals surface area contributed by atoms with Gasteiger partial charge in [0.15, 0.2) is 0 Å². The van der Waals surface area contributed by atoms with Gasteiger partial charge < -0.3 is 4.57 Å². The first-order valence-corrected chi connectivity index (χ1v) is 6.44. The molecule has 3 rings (SSSR count). The Kier molecular flexibility index (Phi) is 2.69. The van der Waals surface area contributed by atoms with E-state index in [1.165, 1.54) is 12.1 Å². The highest BCUT2D eigenvalue weighted by Crippen LogP contribution is 2.33. The molecule has 0 radical (unpaired) electrons. The number of aryl methyl sites for hydroxylation is 1. The molecule has 1 aromatic carbocycles. The van der Waals surface area contributed by atoms with Crippen molar-refractivity contribution in [3.8, 4) is 0 Å². The van der Waals surface area contributed by atoms with Gasteiger partial charge in [-0.2, -0.15) is 0 Å². The number of fused-ring (bicyclic) bond motifs is 1. The highest BCUT2D eigenvalue weighted by atomic mass is 19.1. The summed E-state index contributed by atoms with van der Waals surface area (Å²) < 4.78 is 15.3. The van der Waals surface area contributed by atoms with Crippen LogP contribution in [0.3, 0.4) is 0 Å². The molecule has 2 nitrogen and oxygen atoms in total. The maximum Gasteiger partial charge on any atom is 0.141 e. The molecule has 0 aliphatic heterocycles. The summed E-state index contributed by atoms with van der Waals surface area (Å²) in [5.74, 6) is 0.0986. The molecule has 2 aromatic rings. The topological polar surface area (TPSA) is 22.0 Å². The first-order valence-electron chi connectivity index (χ1n) is 6.44. The van der Waals surface area contributed by atoms with E-state index in [4.69, 9.17) is 0 Å². The molecular weight excluding hydrogens is 229 g/mol.